The summed E-state index contributed by atoms with van der Waals surface area (Å²) in [5.74, 6) is -1.41. The third kappa shape index (κ3) is 1.72. The van der Waals surface area contributed by atoms with Gasteiger partial charge in [-0.1, -0.05) is 36.4 Å². The van der Waals surface area contributed by atoms with Crippen LogP contribution >= 0.6 is 0 Å². The molecule has 0 heterocycles. The zero-order valence-corrected chi connectivity index (χ0v) is 23.6. The Labute approximate surface area is 243 Å². The van der Waals surface area contributed by atoms with Crippen molar-refractivity contribution in [3.63, 3.8) is 0 Å². The monoisotopic (exact) mass is 554 g/mol. The van der Waals surface area contributed by atoms with Crippen LogP contribution in [0, 0.1) is 5.41 Å². The first-order valence-corrected chi connectivity index (χ1v) is 15.7. The van der Waals surface area contributed by atoms with Gasteiger partial charge in [-0.3, -0.25) is 9.59 Å². The molecule has 0 aromatic heterocycles. The Morgan fingerprint density at radius 3 is 1.35 bits per heavy atom. The molecule has 4 aliphatic carbocycles. The summed E-state index contributed by atoms with van der Waals surface area (Å²) in [6.07, 6.45) is 1.76. The number of carbonyl (C=O) groups is 2. The standard InChI is InChI=1S/C39H22O4/c1-3-42-37(40)39(38(41)43-4-2)35-19-11-17-9-15-7-13-5-6-14-8-16-10-18-12-20(36(35)39)28-27(19)31-25(17)23(15)29-21(13)22(14)30-24(16)26(18)32(28)34(31)33(29)30/h5-8,11-12,35-36H,3-4,9-10H2,1-2H3. The van der Waals surface area contributed by atoms with E-state index < -0.39 is 17.4 Å². The Balaban J connectivity index is 1.33. The molecule has 0 saturated heterocycles. The Hall–Kier alpha value is -4.70. The first kappa shape index (κ1) is 21.1. The van der Waals surface area contributed by atoms with Crippen LogP contribution in [0.2, 0.25) is 0 Å². The normalized spacial score (nSPS) is 20.7. The van der Waals surface area contributed by atoms with E-state index in [0.29, 0.717) is 0 Å². The number of benzene rings is 7. The van der Waals surface area contributed by atoms with Gasteiger partial charge in [0.15, 0.2) is 5.41 Å². The van der Waals surface area contributed by atoms with Crippen molar-refractivity contribution in [2.45, 2.75) is 38.5 Å². The molecule has 0 bridgehead atoms. The number of esters is 2. The molecule has 0 amide bonds. The molecule has 0 aliphatic heterocycles. The van der Waals surface area contributed by atoms with E-state index in [-0.39, 0.29) is 25.0 Å². The maximum absolute atomic E-state index is 14.0. The van der Waals surface area contributed by atoms with Crippen LogP contribution in [0.15, 0.2) is 36.4 Å². The third-order valence-electron chi connectivity index (χ3n) is 12.3. The van der Waals surface area contributed by atoms with Crippen LogP contribution in [-0.2, 0) is 31.9 Å². The maximum atomic E-state index is 14.0. The molecule has 2 atom stereocenters. The second-order valence-electron chi connectivity index (χ2n) is 13.7. The number of hydrogen-bond acceptors (Lipinski definition) is 4. The summed E-state index contributed by atoms with van der Waals surface area (Å²) in [6.45, 7) is 4.11. The van der Waals surface area contributed by atoms with Gasteiger partial charge in [0.05, 0.1) is 13.2 Å². The van der Waals surface area contributed by atoms with Crippen LogP contribution in [0.1, 0.15) is 59.1 Å². The van der Waals surface area contributed by atoms with Crippen molar-refractivity contribution in [3.8, 4) is 0 Å². The fraction of sp³-hybridized carbons (Fsp3) is 0.231. The van der Waals surface area contributed by atoms with Crippen LogP contribution in [-0.4, -0.2) is 25.2 Å². The molecule has 1 fully saturated rings. The molecule has 13 rings (SSSR count). The molecular weight excluding hydrogens is 532 g/mol. The van der Waals surface area contributed by atoms with E-state index in [9.17, 15) is 9.59 Å². The van der Waals surface area contributed by atoms with E-state index in [1.807, 2.05) is 13.8 Å². The van der Waals surface area contributed by atoms with E-state index >= 15 is 0 Å². The molecule has 202 valence electrons. The fourth-order valence-corrected chi connectivity index (χ4v) is 11.2. The number of carbonyl (C=O) groups excluding carboxylic acids is 2. The van der Waals surface area contributed by atoms with Crippen molar-refractivity contribution >= 4 is 98.1 Å². The van der Waals surface area contributed by atoms with E-state index in [1.165, 1.54) is 108 Å². The molecule has 1 saturated carbocycles. The van der Waals surface area contributed by atoms with Gasteiger partial charge in [-0.05, 0) is 146 Å². The lowest BCUT2D eigenvalue weighted by atomic mass is 9.87. The first-order valence-electron chi connectivity index (χ1n) is 15.7. The summed E-state index contributed by atoms with van der Waals surface area (Å²) < 4.78 is 11.4. The summed E-state index contributed by atoms with van der Waals surface area (Å²) in [4.78, 5) is 28.0. The van der Waals surface area contributed by atoms with Crippen molar-refractivity contribution in [1.29, 1.82) is 0 Å². The van der Waals surface area contributed by atoms with Gasteiger partial charge in [0.25, 0.3) is 0 Å². The molecule has 0 N–H and O–H groups in total. The fourth-order valence-electron chi connectivity index (χ4n) is 11.2. The molecule has 4 aliphatic rings. The number of rotatable bonds is 4. The molecule has 0 radical (unpaired) electrons. The van der Waals surface area contributed by atoms with Crippen molar-refractivity contribution in [1.82, 2.24) is 0 Å². The first-order chi connectivity index (χ1) is 21.1. The predicted octanol–water partition coefficient (Wildman–Crippen LogP) is 8.22. The quantitative estimate of drug-likeness (QED) is 0.125. The average Bonchev–Trinajstić information content (AvgIpc) is 3.30. The Morgan fingerprint density at radius 2 is 0.930 bits per heavy atom. The highest BCUT2D eigenvalue weighted by Crippen LogP contribution is 2.77. The van der Waals surface area contributed by atoms with Gasteiger partial charge in [-0.2, -0.15) is 0 Å². The minimum absolute atomic E-state index is 0.236. The van der Waals surface area contributed by atoms with Crippen LogP contribution in [0.5, 0.6) is 0 Å². The maximum Gasteiger partial charge on any atom is 0.324 e. The van der Waals surface area contributed by atoms with E-state index in [0.717, 1.165) is 24.0 Å². The summed E-state index contributed by atoms with van der Waals surface area (Å²) in [7, 11) is 0. The minimum atomic E-state index is -1.34. The molecule has 43 heavy (non-hydrogen) atoms. The largest absolute Gasteiger partial charge is 0.465 e. The predicted molar refractivity (Wildman–Crippen MR) is 169 cm³/mol. The van der Waals surface area contributed by atoms with Crippen LogP contribution in [0.4, 0.5) is 0 Å². The van der Waals surface area contributed by atoms with Gasteiger partial charge in [0.1, 0.15) is 0 Å². The van der Waals surface area contributed by atoms with Crippen LogP contribution < -0.4 is 0 Å². The number of fused-ring (bicyclic) bond motifs is 3. The second-order valence-corrected chi connectivity index (χ2v) is 13.7. The molecule has 2 unspecified atom stereocenters. The van der Waals surface area contributed by atoms with E-state index in [4.69, 9.17) is 9.47 Å². The lowest BCUT2D eigenvalue weighted by molar-refractivity contribution is -0.164. The SMILES string of the molecule is CCOC(=O)C1(C(=O)OCC)C2c3cc4c5c6c(cc7ccc8cc9c%10c%11c(cc(c%12c3c5c(c%12%11)c3c6c7c8c%103)C21)C9)C4. The summed E-state index contributed by atoms with van der Waals surface area (Å²) in [5.41, 5.74) is 6.44. The highest BCUT2D eigenvalue weighted by molar-refractivity contribution is 6.58. The Morgan fingerprint density at radius 1 is 0.558 bits per heavy atom. The number of hydrogen-bond donors (Lipinski definition) is 0. The van der Waals surface area contributed by atoms with Crippen molar-refractivity contribution in [2.24, 2.45) is 5.41 Å². The lowest BCUT2D eigenvalue weighted by Gasteiger charge is -2.16. The molecule has 4 heteroatoms. The van der Waals surface area contributed by atoms with Gasteiger partial charge in [0, 0.05) is 11.8 Å². The highest BCUT2D eigenvalue weighted by atomic mass is 16.6. The molecular formula is C39H22O4. The van der Waals surface area contributed by atoms with Crippen molar-refractivity contribution in [2.75, 3.05) is 13.2 Å². The smallest absolute Gasteiger partial charge is 0.324 e. The van der Waals surface area contributed by atoms with E-state index in [2.05, 4.69) is 36.4 Å². The Bertz CT molecular complexity index is 2660. The van der Waals surface area contributed by atoms with E-state index in [1.54, 1.807) is 0 Å². The Kier molecular flexibility index (Phi) is 2.89. The minimum Gasteiger partial charge on any atom is -0.465 e. The molecule has 9 aromatic carbocycles. The summed E-state index contributed by atoms with van der Waals surface area (Å²) in [6, 6.07) is 14.3. The summed E-state index contributed by atoms with van der Waals surface area (Å²) in [5, 5.41) is 22.4. The number of ether oxygens (including phenoxy) is 2. The molecule has 0 spiro atoms. The van der Waals surface area contributed by atoms with Gasteiger partial charge in [0.2, 0.25) is 0 Å². The van der Waals surface area contributed by atoms with Gasteiger partial charge >= 0.3 is 11.9 Å². The molecule has 4 nitrogen and oxygen atoms in total. The van der Waals surface area contributed by atoms with Crippen LogP contribution in [0.25, 0.3) is 86.2 Å². The van der Waals surface area contributed by atoms with Crippen LogP contribution in [0.3, 0.4) is 0 Å². The topological polar surface area (TPSA) is 52.6 Å². The third-order valence-corrected chi connectivity index (χ3v) is 12.3. The van der Waals surface area contributed by atoms with Crippen molar-refractivity contribution in [3.05, 3.63) is 69.8 Å². The van der Waals surface area contributed by atoms with Gasteiger partial charge in [-0.15, -0.1) is 0 Å². The second kappa shape index (κ2) is 5.90. The zero-order valence-electron chi connectivity index (χ0n) is 23.6. The molecule has 9 aromatic rings. The summed E-state index contributed by atoms with van der Waals surface area (Å²) >= 11 is 0. The van der Waals surface area contributed by atoms with Gasteiger partial charge in [-0.25, -0.2) is 0 Å². The highest BCUT2D eigenvalue weighted by Gasteiger charge is 2.79. The lowest BCUT2D eigenvalue weighted by Crippen LogP contribution is -2.32. The average molecular weight is 555 g/mol. The van der Waals surface area contributed by atoms with Crippen molar-refractivity contribution < 1.29 is 19.1 Å². The zero-order chi connectivity index (χ0) is 28.0. The van der Waals surface area contributed by atoms with Gasteiger partial charge < -0.3 is 9.47 Å².